The molecule has 0 fully saturated rings. The first kappa shape index (κ1) is 40.8. The number of carbonyl (C=O) groups is 3. The van der Waals surface area contributed by atoms with Crippen molar-refractivity contribution in [3.05, 3.63) is 96.1 Å². The predicted molar refractivity (Wildman–Crippen MR) is 181 cm³/mol. The average Bonchev–Trinajstić information content (AvgIpc) is 2.98. The Bertz CT molecular complexity index is 1280. The van der Waals surface area contributed by atoms with E-state index in [-0.39, 0.29) is 41.3 Å². The molecule has 0 aliphatic rings. The molecular weight excluding hydrogens is 570 g/mol. The second kappa shape index (κ2) is 19.9. The molecule has 5 N–H and O–H groups in total. The molecule has 0 heterocycles. The van der Waals surface area contributed by atoms with Crippen LogP contribution < -0.4 is 16.0 Å². The maximum absolute atomic E-state index is 13.4. The molecule has 3 aromatic carbocycles. The van der Waals surface area contributed by atoms with Gasteiger partial charge in [-0.05, 0) is 48.4 Å². The molecule has 0 aromatic heterocycles. The lowest BCUT2D eigenvalue weighted by atomic mass is 9.95. The summed E-state index contributed by atoms with van der Waals surface area (Å²) in [5.41, 5.74) is 3.66. The van der Waals surface area contributed by atoms with Crippen molar-refractivity contribution in [1.29, 1.82) is 0 Å². The van der Waals surface area contributed by atoms with Crippen molar-refractivity contribution in [2.75, 3.05) is 0 Å². The van der Waals surface area contributed by atoms with Crippen molar-refractivity contribution >= 4 is 17.9 Å². The Morgan fingerprint density at radius 1 is 0.689 bits per heavy atom. The van der Waals surface area contributed by atoms with Crippen LogP contribution in [-0.4, -0.2) is 58.5 Å². The van der Waals surface area contributed by atoms with Crippen LogP contribution in [0.25, 0.3) is 11.1 Å². The first-order chi connectivity index (χ1) is 20.0. The van der Waals surface area contributed by atoms with E-state index in [9.17, 15) is 24.6 Å². The highest BCUT2D eigenvalue weighted by molar-refractivity contribution is 5.85. The van der Waals surface area contributed by atoms with Crippen molar-refractivity contribution in [3.8, 4) is 11.1 Å². The van der Waals surface area contributed by atoms with Gasteiger partial charge in [-0.15, -0.1) is 0 Å². The van der Waals surface area contributed by atoms with Crippen molar-refractivity contribution in [2.45, 2.75) is 93.3 Å². The fourth-order valence-corrected chi connectivity index (χ4v) is 4.40. The van der Waals surface area contributed by atoms with Crippen LogP contribution in [0.2, 0.25) is 0 Å². The van der Waals surface area contributed by atoms with Gasteiger partial charge in [-0.1, -0.05) is 121 Å². The van der Waals surface area contributed by atoms with Gasteiger partial charge in [-0.25, -0.2) is 4.79 Å². The number of carbonyl (C=O) groups excluding carboxylic acids is 3. The summed E-state index contributed by atoms with van der Waals surface area (Å²) in [4.78, 5) is 38.4. The number of alkyl carbamates (subject to hydrolysis) is 1. The summed E-state index contributed by atoms with van der Waals surface area (Å²) in [5.74, 6) is -1.81. The lowest BCUT2D eigenvalue weighted by molar-refractivity contribution is -0.140. The van der Waals surface area contributed by atoms with E-state index >= 15 is 0 Å². The van der Waals surface area contributed by atoms with Crippen LogP contribution in [-0.2, 0) is 27.3 Å². The minimum absolute atomic E-state index is 0. The lowest BCUT2D eigenvalue weighted by Crippen LogP contribution is -2.57. The minimum atomic E-state index is -1.80. The Morgan fingerprint density at radius 2 is 1.22 bits per heavy atom. The molecule has 0 saturated carbocycles. The van der Waals surface area contributed by atoms with Gasteiger partial charge < -0.3 is 30.9 Å². The molecule has 0 aliphatic heterocycles. The van der Waals surface area contributed by atoms with E-state index < -0.39 is 48.2 Å². The summed E-state index contributed by atoms with van der Waals surface area (Å²) in [6.07, 6.45) is -5.27. The van der Waals surface area contributed by atoms with Gasteiger partial charge in [0, 0.05) is 12.6 Å². The van der Waals surface area contributed by atoms with Gasteiger partial charge in [0.05, 0.1) is 6.04 Å². The van der Waals surface area contributed by atoms with E-state index in [1.165, 1.54) is 0 Å². The summed E-state index contributed by atoms with van der Waals surface area (Å²) >= 11 is 0. The normalized spacial score (nSPS) is 13.1. The van der Waals surface area contributed by atoms with E-state index in [4.69, 9.17) is 4.74 Å². The number of aliphatic hydroxyl groups is 2. The summed E-state index contributed by atoms with van der Waals surface area (Å²) in [5, 5.41) is 29.7. The van der Waals surface area contributed by atoms with Crippen molar-refractivity contribution in [2.24, 2.45) is 5.92 Å². The van der Waals surface area contributed by atoms with E-state index in [2.05, 4.69) is 16.0 Å². The Hall–Kier alpha value is -4.21. The van der Waals surface area contributed by atoms with Gasteiger partial charge in [0.15, 0.2) is 12.2 Å². The highest BCUT2D eigenvalue weighted by atomic mass is 16.6. The number of benzene rings is 3. The fourth-order valence-electron chi connectivity index (χ4n) is 4.40. The molecule has 9 nitrogen and oxygen atoms in total. The molecule has 3 aromatic rings. The zero-order chi connectivity index (χ0) is 30.6. The molecule has 0 radical (unpaired) electrons. The van der Waals surface area contributed by atoms with Gasteiger partial charge in [0.1, 0.15) is 6.10 Å². The van der Waals surface area contributed by atoms with E-state index in [1.54, 1.807) is 27.7 Å². The maximum atomic E-state index is 13.4. The Kier molecular flexibility index (Phi) is 18.1. The molecule has 248 valence electrons. The number of ether oxygens (including phenoxy) is 1. The average molecular weight is 624 g/mol. The van der Waals surface area contributed by atoms with Crippen LogP contribution in [0.15, 0.2) is 84.9 Å². The summed E-state index contributed by atoms with van der Waals surface area (Å²) in [6, 6.07) is 25.4. The molecule has 4 atom stereocenters. The maximum Gasteiger partial charge on any atom is 0.408 e. The van der Waals surface area contributed by atoms with Crippen LogP contribution >= 0.6 is 0 Å². The predicted octanol–water partition coefficient (Wildman–Crippen LogP) is 5.49. The highest BCUT2D eigenvalue weighted by Gasteiger charge is 2.35. The molecule has 0 bridgehead atoms. The molecular formula is C36H53N3O6. The molecule has 0 spiro atoms. The van der Waals surface area contributed by atoms with E-state index in [0.717, 1.165) is 22.3 Å². The molecule has 0 aliphatic carbocycles. The van der Waals surface area contributed by atoms with E-state index in [1.807, 2.05) is 84.9 Å². The lowest BCUT2D eigenvalue weighted by Gasteiger charge is -2.30. The van der Waals surface area contributed by atoms with Crippen LogP contribution in [0.1, 0.15) is 61.1 Å². The van der Waals surface area contributed by atoms with Crippen molar-refractivity contribution < 1.29 is 29.3 Å². The first-order valence-electron chi connectivity index (χ1n) is 14.1. The van der Waals surface area contributed by atoms with Crippen molar-refractivity contribution in [3.63, 3.8) is 0 Å². The molecule has 45 heavy (non-hydrogen) atoms. The number of rotatable bonds is 13. The fraction of sp³-hybridized carbons (Fsp3) is 0.417. The summed E-state index contributed by atoms with van der Waals surface area (Å²) < 4.78 is 5.47. The van der Waals surface area contributed by atoms with Crippen LogP contribution in [0.5, 0.6) is 0 Å². The zero-order valence-corrected chi connectivity index (χ0v) is 24.5. The Morgan fingerprint density at radius 3 is 1.76 bits per heavy atom. The van der Waals surface area contributed by atoms with Crippen LogP contribution in [0, 0.1) is 5.92 Å². The van der Waals surface area contributed by atoms with Gasteiger partial charge in [0.25, 0.3) is 11.8 Å². The number of hydrogen-bond acceptors (Lipinski definition) is 6. The first-order valence-corrected chi connectivity index (χ1v) is 14.1. The number of amides is 3. The molecule has 4 unspecified atom stereocenters. The molecule has 3 amide bonds. The molecule has 0 saturated heterocycles. The number of nitrogens with one attached hydrogen (secondary N) is 3. The van der Waals surface area contributed by atoms with Gasteiger partial charge >= 0.3 is 6.09 Å². The largest absolute Gasteiger partial charge is 0.436 e. The summed E-state index contributed by atoms with van der Waals surface area (Å²) in [7, 11) is 0. The third-order valence-corrected chi connectivity index (χ3v) is 6.66. The molecule has 3 rings (SSSR count). The molecule has 9 heteroatoms. The second-order valence-electron chi connectivity index (χ2n) is 10.9. The topological polar surface area (TPSA) is 137 Å². The minimum Gasteiger partial charge on any atom is -0.436 e. The Balaban J connectivity index is 0.00000645. The van der Waals surface area contributed by atoms with Crippen LogP contribution in [0.3, 0.4) is 0 Å². The SMILES string of the molecule is C.C.C.CC(C)NC(=O)C(O)C(O)C(Cc1ccc(-c2ccccc2)cc1)NC(=O)C(OC(=O)NCc1ccccc1)C(C)C. The van der Waals surface area contributed by atoms with Gasteiger partial charge in [-0.2, -0.15) is 0 Å². The number of aliphatic hydroxyl groups excluding tert-OH is 2. The van der Waals surface area contributed by atoms with E-state index in [0.29, 0.717) is 0 Å². The third-order valence-electron chi connectivity index (χ3n) is 6.66. The third kappa shape index (κ3) is 12.7. The van der Waals surface area contributed by atoms with Crippen molar-refractivity contribution in [1.82, 2.24) is 16.0 Å². The smallest absolute Gasteiger partial charge is 0.408 e. The van der Waals surface area contributed by atoms with Gasteiger partial charge in [-0.3, -0.25) is 9.59 Å². The quantitative estimate of drug-likeness (QED) is 0.171. The second-order valence-corrected chi connectivity index (χ2v) is 10.9. The Labute approximate surface area is 269 Å². The highest BCUT2D eigenvalue weighted by Crippen LogP contribution is 2.21. The summed E-state index contributed by atoms with van der Waals surface area (Å²) in [6.45, 7) is 7.15. The number of hydrogen-bond donors (Lipinski definition) is 5. The standard InChI is InChI=1S/C33H41N3O6.3CH4/c1-21(2)30(42-33(41)34-20-24-11-7-5-8-12-24)32(40)36-27(28(37)29(38)31(39)35-22(3)4)19-23-15-17-26(18-16-23)25-13-9-6-10-14-25;;;/h5-18,21-22,27-30,37-38H,19-20H2,1-4H3,(H,34,41)(H,35,39)(H,36,40);3*1H4. The zero-order valence-electron chi connectivity index (χ0n) is 24.5. The monoisotopic (exact) mass is 623 g/mol. The van der Waals surface area contributed by atoms with Crippen LogP contribution in [0.4, 0.5) is 4.79 Å². The van der Waals surface area contributed by atoms with Gasteiger partial charge in [0.2, 0.25) is 0 Å².